The summed E-state index contributed by atoms with van der Waals surface area (Å²) in [6.45, 7) is 2.21. The van der Waals surface area contributed by atoms with Crippen molar-refractivity contribution >= 4 is 17.5 Å². The highest BCUT2D eigenvalue weighted by Gasteiger charge is 2.38. The molecule has 0 radical (unpaired) electrons. The minimum atomic E-state index is -4.93. The third-order valence-electron chi connectivity index (χ3n) is 3.44. The lowest BCUT2D eigenvalue weighted by Gasteiger charge is -2.09. The Balaban J connectivity index is 1.83. The third kappa shape index (κ3) is 5.95. The molecule has 7 heteroatoms. The second kappa shape index (κ2) is 7.83. The summed E-state index contributed by atoms with van der Waals surface area (Å²) in [5.41, 5.74) is 2.76. The molecular weight excluding hydrogens is 333 g/mol. The van der Waals surface area contributed by atoms with Gasteiger partial charge < -0.3 is 10.6 Å². The smallest absolute Gasteiger partial charge is 0.352 e. The topological polar surface area (TPSA) is 58.2 Å². The van der Waals surface area contributed by atoms with Crippen molar-refractivity contribution in [2.24, 2.45) is 0 Å². The van der Waals surface area contributed by atoms with Crippen LogP contribution in [0.3, 0.4) is 0 Å². The number of benzene rings is 2. The zero-order valence-electron chi connectivity index (χ0n) is 13.5. The molecule has 132 valence electrons. The van der Waals surface area contributed by atoms with E-state index in [4.69, 9.17) is 0 Å². The van der Waals surface area contributed by atoms with Gasteiger partial charge in [0.1, 0.15) is 0 Å². The monoisotopic (exact) mass is 350 g/mol. The minimum absolute atomic E-state index is 0.0389. The Morgan fingerprint density at radius 1 is 0.920 bits per heavy atom. The van der Waals surface area contributed by atoms with E-state index in [1.165, 1.54) is 24.3 Å². The van der Waals surface area contributed by atoms with Gasteiger partial charge in [-0.05, 0) is 30.2 Å². The lowest BCUT2D eigenvalue weighted by atomic mass is 10.1. The largest absolute Gasteiger partial charge is 0.471 e. The predicted octanol–water partition coefficient (Wildman–Crippen LogP) is 3.35. The molecule has 4 nitrogen and oxygen atoms in total. The lowest BCUT2D eigenvalue weighted by Crippen LogP contribution is -2.29. The molecule has 0 aliphatic carbocycles. The van der Waals surface area contributed by atoms with Crippen LogP contribution in [0.15, 0.2) is 48.5 Å². The van der Waals surface area contributed by atoms with Crippen LogP contribution in [0.2, 0.25) is 0 Å². The Morgan fingerprint density at radius 2 is 1.48 bits per heavy atom. The van der Waals surface area contributed by atoms with Crippen molar-refractivity contribution in [3.63, 3.8) is 0 Å². The van der Waals surface area contributed by atoms with Crippen molar-refractivity contribution in [3.05, 3.63) is 65.2 Å². The summed E-state index contributed by atoms with van der Waals surface area (Å²) < 4.78 is 36.5. The van der Waals surface area contributed by atoms with Gasteiger partial charge in [-0.1, -0.05) is 42.0 Å². The molecule has 0 heterocycles. The zero-order valence-corrected chi connectivity index (χ0v) is 13.5. The molecule has 0 saturated heterocycles. The van der Waals surface area contributed by atoms with Crippen LogP contribution in [0, 0.1) is 6.92 Å². The third-order valence-corrected chi connectivity index (χ3v) is 3.44. The van der Waals surface area contributed by atoms with E-state index < -0.39 is 12.1 Å². The molecular formula is C18H17F3N2O2. The van der Waals surface area contributed by atoms with E-state index >= 15 is 0 Å². The van der Waals surface area contributed by atoms with Crippen LogP contribution in [-0.2, 0) is 22.6 Å². The number of alkyl halides is 3. The molecule has 25 heavy (non-hydrogen) atoms. The molecule has 0 fully saturated rings. The Labute approximate surface area is 143 Å². The summed E-state index contributed by atoms with van der Waals surface area (Å²) in [6, 6.07) is 13.4. The highest BCUT2D eigenvalue weighted by Crippen LogP contribution is 2.18. The fourth-order valence-corrected chi connectivity index (χ4v) is 2.06. The molecule has 0 atom stereocenters. The zero-order chi connectivity index (χ0) is 18.4. The molecule has 2 N–H and O–H groups in total. The van der Waals surface area contributed by atoms with Crippen LogP contribution < -0.4 is 10.6 Å². The van der Waals surface area contributed by atoms with Crippen molar-refractivity contribution in [2.75, 3.05) is 5.32 Å². The Kier molecular flexibility index (Phi) is 5.80. The van der Waals surface area contributed by atoms with Gasteiger partial charge in [-0.25, -0.2) is 0 Å². The van der Waals surface area contributed by atoms with Crippen LogP contribution >= 0.6 is 0 Å². The molecule has 0 aliphatic rings. The Morgan fingerprint density at radius 3 is 2.04 bits per heavy atom. The van der Waals surface area contributed by atoms with E-state index in [-0.39, 0.29) is 24.6 Å². The number of rotatable bonds is 5. The summed E-state index contributed by atoms with van der Waals surface area (Å²) in [5.74, 6) is -2.18. The van der Waals surface area contributed by atoms with Crippen molar-refractivity contribution in [2.45, 2.75) is 26.1 Å². The number of carbonyl (C=O) groups is 2. The van der Waals surface area contributed by atoms with Gasteiger partial charge in [-0.3, -0.25) is 9.59 Å². The number of aryl methyl sites for hydroxylation is 1. The maximum absolute atomic E-state index is 12.2. The van der Waals surface area contributed by atoms with Gasteiger partial charge in [0.25, 0.3) is 0 Å². The summed E-state index contributed by atoms with van der Waals surface area (Å²) in [5, 5.41) is 4.50. The molecule has 0 spiro atoms. The fourth-order valence-electron chi connectivity index (χ4n) is 2.06. The maximum Gasteiger partial charge on any atom is 0.471 e. The number of amides is 2. The van der Waals surface area contributed by atoms with Gasteiger partial charge in [0, 0.05) is 12.2 Å². The van der Waals surface area contributed by atoms with Gasteiger partial charge in [0.05, 0.1) is 6.42 Å². The Hall–Kier alpha value is -2.83. The summed E-state index contributed by atoms with van der Waals surface area (Å²) in [4.78, 5) is 22.7. The first kappa shape index (κ1) is 18.5. The summed E-state index contributed by atoms with van der Waals surface area (Å²) in [6.07, 6.45) is -4.68. The molecule has 2 aromatic rings. The molecule has 0 bridgehead atoms. The number of halogens is 3. The number of carbonyl (C=O) groups excluding carboxylic acids is 2. The second-order valence-electron chi connectivity index (χ2n) is 5.59. The average Bonchev–Trinajstić information content (AvgIpc) is 2.55. The molecule has 2 aromatic carbocycles. The average molecular weight is 350 g/mol. The SMILES string of the molecule is Cc1ccc(CC(=O)NCc2ccc(NC(=O)C(F)(F)F)cc2)cc1. The highest BCUT2D eigenvalue weighted by molar-refractivity contribution is 5.94. The number of hydrogen-bond acceptors (Lipinski definition) is 2. The molecule has 2 amide bonds. The van der Waals surface area contributed by atoms with Crippen LogP contribution in [0.5, 0.6) is 0 Å². The fraction of sp³-hybridized carbons (Fsp3) is 0.222. The molecule has 2 rings (SSSR count). The van der Waals surface area contributed by atoms with E-state index in [2.05, 4.69) is 5.32 Å². The minimum Gasteiger partial charge on any atom is -0.352 e. The number of anilines is 1. The first-order valence-corrected chi connectivity index (χ1v) is 7.53. The highest BCUT2D eigenvalue weighted by atomic mass is 19.4. The van der Waals surface area contributed by atoms with Crippen molar-refractivity contribution < 1.29 is 22.8 Å². The van der Waals surface area contributed by atoms with Gasteiger partial charge in [0.2, 0.25) is 5.91 Å². The predicted molar refractivity (Wildman–Crippen MR) is 87.9 cm³/mol. The van der Waals surface area contributed by atoms with E-state index in [1.54, 1.807) is 5.32 Å². The quantitative estimate of drug-likeness (QED) is 0.869. The lowest BCUT2D eigenvalue weighted by molar-refractivity contribution is -0.167. The number of nitrogens with one attached hydrogen (secondary N) is 2. The van der Waals surface area contributed by atoms with Crippen LogP contribution in [0.1, 0.15) is 16.7 Å². The van der Waals surface area contributed by atoms with Gasteiger partial charge in [0.15, 0.2) is 0 Å². The van der Waals surface area contributed by atoms with E-state index in [9.17, 15) is 22.8 Å². The standard InChI is InChI=1S/C18H17F3N2O2/c1-12-2-4-13(5-3-12)10-16(24)22-11-14-6-8-15(9-7-14)23-17(25)18(19,20)21/h2-9H,10-11H2,1H3,(H,22,24)(H,23,25). The van der Waals surface area contributed by atoms with E-state index in [0.717, 1.165) is 11.1 Å². The van der Waals surface area contributed by atoms with Crippen LogP contribution in [0.25, 0.3) is 0 Å². The molecule has 0 aromatic heterocycles. The molecule has 0 saturated carbocycles. The summed E-state index contributed by atoms with van der Waals surface area (Å²) >= 11 is 0. The number of hydrogen-bond donors (Lipinski definition) is 2. The van der Waals surface area contributed by atoms with Crippen molar-refractivity contribution in [1.82, 2.24) is 5.32 Å². The van der Waals surface area contributed by atoms with Gasteiger partial charge >= 0.3 is 12.1 Å². The normalized spacial score (nSPS) is 11.0. The molecule has 0 aliphatic heterocycles. The summed E-state index contributed by atoms with van der Waals surface area (Å²) in [7, 11) is 0. The first-order valence-electron chi connectivity index (χ1n) is 7.53. The maximum atomic E-state index is 12.2. The van der Waals surface area contributed by atoms with Crippen molar-refractivity contribution in [1.29, 1.82) is 0 Å². The van der Waals surface area contributed by atoms with Gasteiger partial charge in [-0.2, -0.15) is 13.2 Å². The van der Waals surface area contributed by atoms with Crippen molar-refractivity contribution in [3.8, 4) is 0 Å². The van der Waals surface area contributed by atoms with E-state index in [0.29, 0.717) is 5.56 Å². The van der Waals surface area contributed by atoms with Gasteiger partial charge in [-0.15, -0.1) is 0 Å². The van der Waals surface area contributed by atoms with Crippen LogP contribution in [0.4, 0.5) is 18.9 Å². The van der Waals surface area contributed by atoms with E-state index in [1.807, 2.05) is 31.2 Å². The van der Waals surface area contributed by atoms with Crippen LogP contribution in [-0.4, -0.2) is 18.0 Å². The Bertz CT molecular complexity index is 738. The second-order valence-corrected chi connectivity index (χ2v) is 5.59. The first-order chi connectivity index (χ1) is 11.7. The molecule has 0 unspecified atom stereocenters.